The lowest BCUT2D eigenvalue weighted by atomic mass is 9.96. The average molecular weight is 542 g/mol. The zero-order chi connectivity index (χ0) is 23.0. The Bertz CT molecular complexity index is 1130. The molecule has 0 radical (unpaired) electrons. The molecule has 6 nitrogen and oxygen atoms in total. The van der Waals surface area contributed by atoms with Crippen LogP contribution in [0.5, 0.6) is 5.75 Å². The van der Waals surface area contributed by atoms with E-state index in [-0.39, 0.29) is 35.9 Å². The Morgan fingerprint density at radius 2 is 1.91 bits per heavy atom. The van der Waals surface area contributed by atoms with Crippen molar-refractivity contribution in [3.05, 3.63) is 51.5 Å². The van der Waals surface area contributed by atoms with Crippen LogP contribution < -0.4 is 9.64 Å². The summed E-state index contributed by atoms with van der Waals surface area (Å²) in [6.07, 6.45) is 1.79. The fourth-order valence-corrected chi connectivity index (χ4v) is 6.84. The predicted molar refractivity (Wildman–Crippen MR) is 129 cm³/mol. The topological polar surface area (TPSA) is 66.9 Å². The monoisotopic (exact) mass is 540 g/mol. The van der Waals surface area contributed by atoms with Gasteiger partial charge in [-0.1, -0.05) is 27.5 Å². The maximum atomic E-state index is 13.4. The minimum atomic E-state index is -3.78. The summed E-state index contributed by atoms with van der Waals surface area (Å²) in [7, 11) is -3.78. The van der Waals surface area contributed by atoms with Crippen molar-refractivity contribution in [2.45, 2.75) is 44.0 Å². The molecule has 4 rings (SSSR count). The molecule has 1 fully saturated rings. The summed E-state index contributed by atoms with van der Waals surface area (Å²) in [4.78, 5) is 15.3. The molecule has 0 N–H and O–H groups in total. The van der Waals surface area contributed by atoms with Crippen LogP contribution >= 0.6 is 27.5 Å². The number of hydrogen-bond donors (Lipinski definition) is 0. The number of benzene rings is 2. The highest BCUT2D eigenvalue weighted by atomic mass is 79.9. The zero-order valence-electron chi connectivity index (χ0n) is 18.1. The third kappa shape index (κ3) is 4.42. The smallest absolute Gasteiger partial charge is 0.246 e. The molecule has 0 bridgehead atoms. The summed E-state index contributed by atoms with van der Waals surface area (Å²) in [5.74, 6) is 0.168. The maximum Gasteiger partial charge on any atom is 0.246 e. The fraction of sp³-hybridized carbons (Fsp3) is 0.435. The first-order valence-corrected chi connectivity index (χ1v) is 13.4. The van der Waals surface area contributed by atoms with Crippen LogP contribution in [0.2, 0.25) is 5.02 Å². The number of rotatable bonds is 5. The largest absolute Gasteiger partial charge is 0.492 e. The van der Waals surface area contributed by atoms with E-state index in [4.69, 9.17) is 16.3 Å². The molecule has 0 aromatic heterocycles. The standard InChI is InChI=1S/C23H26BrClN2O4S/c1-3-31-21-7-5-19(25)14-22(21)32(29,30)26-10-8-16(9-11-26)23(28)27-15(2)12-17-13-18(24)4-6-20(17)27/h4-7,13-16H,3,8-12H2,1-2H3/t15-/m1/s1. The molecule has 2 aromatic rings. The van der Waals surface area contributed by atoms with Crippen molar-refractivity contribution >= 4 is 49.1 Å². The van der Waals surface area contributed by atoms with Crippen LogP contribution in [-0.2, 0) is 21.2 Å². The van der Waals surface area contributed by atoms with Crippen molar-refractivity contribution in [2.24, 2.45) is 5.92 Å². The Morgan fingerprint density at radius 1 is 1.19 bits per heavy atom. The molecule has 1 amide bonds. The number of amides is 1. The summed E-state index contributed by atoms with van der Waals surface area (Å²) >= 11 is 9.57. The minimum Gasteiger partial charge on any atom is -0.492 e. The lowest BCUT2D eigenvalue weighted by molar-refractivity contribution is -0.123. The number of carbonyl (C=O) groups is 1. The van der Waals surface area contributed by atoms with Crippen molar-refractivity contribution in [3.63, 3.8) is 0 Å². The molecule has 1 saturated heterocycles. The Morgan fingerprint density at radius 3 is 2.59 bits per heavy atom. The molecule has 0 unspecified atom stereocenters. The van der Waals surface area contributed by atoms with Gasteiger partial charge in [0.15, 0.2) is 0 Å². The summed E-state index contributed by atoms with van der Waals surface area (Å²) in [6, 6.07) is 10.7. The van der Waals surface area contributed by atoms with E-state index in [9.17, 15) is 13.2 Å². The highest BCUT2D eigenvalue weighted by molar-refractivity contribution is 9.10. The first-order valence-electron chi connectivity index (χ1n) is 10.8. The van der Waals surface area contributed by atoms with Gasteiger partial charge in [0.1, 0.15) is 10.6 Å². The second-order valence-electron chi connectivity index (χ2n) is 8.24. The Labute approximate surface area is 202 Å². The number of halogens is 2. The molecule has 172 valence electrons. The third-order valence-electron chi connectivity index (χ3n) is 6.12. The van der Waals surface area contributed by atoms with Crippen LogP contribution in [0.15, 0.2) is 45.8 Å². The van der Waals surface area contributed by atoms with Gasteiger partial charge in [-0.15, -0.1) is 0 Å². The van der Waals surface area contributed by atoms with Gasteiger partial charge in [-0.05, 0) is 75.1 Å². The molecule has 0 saturated carbocycles. The van der Waals surface area contributed by atoms with E-state index in [2.05, 4.69) is 28.9 Å². The van der Waals surface area contributed by atoms with Crippen molar-refractivity contribution in [2.75, 3.05) is 24.6 Å². The van der Waals surface area contributed by atoms with Gasteiger partial charge in [0, 0.05) is 40.2 Å². The number of piperidine rings is 1. The molecule has 0 spiro atoms. The van der Waals surface area contributed by atoms with Crippen LogP contribution in [0.4, 0.5) is 5.69 Å². The third-order valence-corrected chi connectivity index (χ3v) is 8.77. The quantitative estimate of drug-likeness (QED) is 0.541. The number of ether oxygens (including phenoxy) is 1. The molecule has 0 aliphatic carbocycles. The van der Waals surface area contributed by atoms with E-state index in [0.717, 1.165) is 22.1 Å². The summed E-state index contributed by atoms with van der Waals surface area (Å²) in [5, 5.41) is 0.338. The summed E-state index contributed by atoms with van der Waals surface area (Å²) < 4.78 is 34.6. The molecule has 2 aliphatic heterocycles. The summed E-state index contributed by atoms with van der Waals surface area (Å²) in [6.45, 7) is 4.78. The van der Waals surface area contributed by atoms with Crippen LogP contribution in [0.1, 0.15) is 32.3 Å². The number of hydrogen-bond acceptors (Lipinski definition) is 4. The second kappa shape index (κ2) is 9.33. The van der Waals surface area contributed by atoms with E-state index < -0.39 is 10.0 Å². The van der Waals surface area contributed by atoms with E-state index in [1.54, 1.807) is 19.1 Å². The molecule has 1 atom stereocenters. The van der Waals surface area contributed by atoms with E-state index >= 15 is 0 Å². The first-order chi connectivity index (χ1) is 15.2. The molecule has 32 heavy (non-hydrogen) atoms. The lowest BCUT2D eigenvalue weighted by Crippen LogP contribution is -2.46. The highest BCUT2D eigenvalue weighted by Gasteiger charge is 2.38. The minimum absolute atomic E-state index is 0.0734. The Hall–Kier alpha value is -1.61. The van der Waals surface area contributed by atoms with E-state index in [1.165, 1.54) is 10.4 Å². The maximum absolute atomic E-state index is 13.4. The highest BCUT2D eigenvalue weighted by Crippen LogP contribution is 2.37. The Balaban J connectivity index is 1.49. The van der Waals surface area contributed by atoms with Crippen molar-refractivity contribution < 1.29 is 17.9 Å². The SMILES string of the molecule is CCOc1ccc(Cl)cc1S(=O)(=O)N1CCC(C(=O)N2c3ccc(Br)cc3C[C@H]2C)CC1. The summed E-state index contributed by atoms with van der Waals surface area (Å²) in [5.41, 5.74) is 2.12. The van der Waals surface area contributed by atoms with Crippen molar-refractivity contribution in [1.82, 2.24) is 4.31 Å². The van der Waals surface area contributed by atoms with Gasteiger partial charge in [0.05, 0.1) is 6.61 Å². The number of fused-ring (bicyclic) bond motifs is 1. The fourth-order valence-electron chi connectivity index (χ4n) is 4.57. The second-order valence-corrected chi connectivity index (χ2v) is 11.5. The van der Waals surface area contributed by atoms with Crippen LogP contribution in [-0.4, -0.2) is 44.4 Å². The average Bonchev–Trinajstić information content (AvgIpc) is 3.09. The van der Waals surface area contributed by atoms with Gasteiger partial charge in [-0.2, -0.15) is 4.31 Å². The number of sulfonamides is 1. The predicted octanol–water partition coefficient (Wildman–Crippen LogP) is 4.88. The zero-order valence-corrected chi connectivity index (χ0v) is 21.2. The van der Waals surface area contributed by atoms with Crippen LogP contribution in [0.25, 0.3) is 0 Å². The molecular formula is C23H26BrClN2O4S. The molecule has 2 aliphatic rings. The van der Waals surface area contributed by atoms with Gasteiger partial charge in [0.2, 0.25) is 15.9 Å². The van der Waals surface area contributed by atoms with Crippen molar-refractivity contribution in [1.29, 1.82) is 0 Å². The molecule has 9 heteroatoms. The van der Waals surface area contributed by atoms with E-state index in [1.807, 2.05) is 17.0 Å². The van der Waals surface area contributed by atoms with Gasteiger partial charge in [-0.3, -0.25) is 4.79 Å². The van der Waals surface area contributed by atoms with Gasteiger partial charge < -0.3 is 9.64 Å². The Kier molecular flexibility index (Phi) is 6.86. The van der Waals surface area contributed by atoms with Crippen molar-refractivity contribution in [3.8, 4) is 5.75 Å². The first kappa shape index (κ1) is 23.5. The van der Waals surface area contributed by atoms with E-state index in [0.29, 0.717) is 30.2 Å². The van der Waals surface area contributed by atoms with Crippen LogP contribution in [0, 0.1) is 5.92 Å². The normalized spacial score (nSPS) is 19.8. The number of nitrogens with zero attached hydrogens (tertiary/aromatic N) is 2. The molecule has 2 heterocycles. The van der Waals surface area contributed by atoms with Crippen LogP contribution in [0.3, 0.4) is 0 Å². The molecular weight excluding hydrogens is 516 g/mol. The number of anilines is 1. The molecule has 2 aromatic carbocycles. The van der Waals surface area contributed by atoms with Gasteiger partial charge >= 0.3 is 0 Å². The lowest BCUT2D eigenvalue weighted by Gasteiger charge is -2.34. The van der Waals surface area contributed by atoms with Gasteiger partial charge in [-0.25, -0.2) is 8.42 Å². The number of carbonyl (C=O) groups excluding carboxylic acids is 1. The van der Waals surface area contributed by atoms with Gasteiger partial charge in [0.25, 0.3) is 0 Å².